The van der Waals surface area contributed by atoms with Crippen LogP contribution in [0.2, 0.25) is 0 Å². The summed E-state index contributed by atoms with van der Waals surface area (Å²) < 4.78 is 27.7. The maximum atomic E-state index is 12.8. The summed E-state index contributed by atoms with van der Waals surface area (Å²) >= 11 is 0. The smallest absolute Gasteiger partial charge is 0.255 e. The van der Waals surface area contributed by atoms with Gasteiger partial charge in [0.1, 0.15) is 4.90 Å². The van der Waals surface area contributed by atoms with E-state index in [-0.39, 0.29) is 10.8 Å². The van der Waals surface area contributed by atoms with E-state index in [2.05, 4.69) is 19.8 Å². The van der Waals surface area contributed by atoms with E-state index in [1.165, 1.54) is 13.1 Å². The molecule has 2 aromatic carbocycles. The molecule has 1 aliphatic rings. The van der Waals surface area contributed by atoms with Crippen LogP contribution in [0.25, 0.3) is 0 Å². The van der Waals surface area contributed by atoms with Gasteiger partial charge in [-0.3, -0.25) is 4.79 Å². The summed E-state index contributed by atoms with van der Waals surface area (Å²) in [5.41, 5.74) is 3.70. The molecule has 1 saturated heterocycles. The Kier molecular flexibility index (Phi) is 6.26. The van der Waals surface area contributed by atoms with E-state index in [9.17, 15) is 13.2 Å². The fourth-order valence-corrected chi connectivity index (χ4v) is 4.51. The lowest BCUT2D eigenvalue weighted by atomic mass is 10.1. The third-order valence-electron chi connectivity index (χ3n) is 5.10. The van der Waals surface area contributed by atoms with Crippen molar-refractivity contribution in [3.05, 3.63) is 53.1 Å². The highest BCUT2D eigenvalue weighted by Gasteiger charge is 2.24. The Labute approximate surface area is 172 Å². The summed E-state index contributed by atoms with van der Waals surface area (Å²) in [6.45, 7) is 7.10. The van der Waals surface area contributed by atoms with Crippen LogP contribution in [0, 0.1) is 13.8 Å². The number of anilines is 2. The van der Waals surface area contributed by atoms with E-state index >= 15 is 0 Å². The van der Waals surface area contributed by atoms with Crippen molar-refractivity contribution in [1.29, 1.82) is 0 Å². The fraction of sp³-hybridized carbons (Fsp3) is 0.381. The largest absolute Gasteiger partial charge is 0.368 e. The molecule has 8 heteroatoms. The SMILES string of the molecule is CNS(=O)(=O)c1cc(C(=O)Nc2cc(C)cc(C)c2)ccc1N1CCN(C)CC1. The minimum Gasteiger partial charge on any atom is -0.368 e. The topological polar surface area (TPSA) is 81.7 Å². The first kappa shape index (κ1) is 21.3. The Morgan fingerprint density at radius 2 is 1.59 bits per heavy atom. The van der Waals surface area contributed by atoms with Gasteiger partial charge in [0.25, 0.3) is 5.91 Å². The fourth-order valence-electron chi connectivity index (χ4n) is 3.54. The van der Waals surface area contributed by atoms with Crippen LogP contribution >= 0.6 is 0 Å². The van der Waals surface area contributed by atoms with Crippen molar-refractivity contribution in [3.8, 4) is 0 Å². The molecule has 1 fully saturated rings. The van der Waals surface area contributed by atoms with Crippen LogP contribution in [0.15, 0.2) is 41.3 Å². The molecule has 0 spiro atoms. The van der Waals surface area contributed by atoms with E-state index < -0.39 is 10.0 Å². The summed E-state index contributed by atoms with van der Waals surface area (Å²) in [4.78, 5) is 17.2. The van der Waals surface area contributed by atoms with E-state index in [0.717, 1.165) is 37.3 Å². The van der Waals surface area contributed by atoms with E-state index in [0.29, 0.717) is 16.9 Å². The van der Waals surface area contributed by atoms with Crippen LogP contribution in [-0.4, -0.2) is 59.5 Å². The highest BCUT2D eigenvalue weighted by Crippen LogP contribution is 2.28. The average molecular weight is 417 g/mol. The molecule has 0 aliphatic carbocycles. The summed E-state index contributed by atoms with van der Waals surface area (Å²) in [5.74, 6) is -0.340. The maximum absolute atomic E-state index is 12.8. The van der Waals surface area contributed by atoms with Gasteiger partial charge in [-0.15, -0.1) is 0 Å². The van der Waals surface area contributed by atoms with Crippen molar-refractivity contribution in [2.45, 2.75) is 18.7 Å². The molecule has 0 atom stereocenters. The number of piperazine rings is 1. The Hall–Kier alpha value is -2.42. The number of sulfonamides is 1. The number of carbonyl (C=O) groups excluding carboxylic acids is 1. The van der Waals surface area contributed by atoms with Gasteiger partial charge >= 0.3 is 0 Å². The minimum absolute atomic E-state index is 0.123. The minimum atomic E-state index is -3.72. The molecule has 0 unspecified atom stereocenters. The molecule has 0 radical (unpaired) electrons. The van der Waals surface area contributed by atoms with Crippen LogP contribution in [0.1, 0.15) is 21.5 Å². The van der Waals surface area contributed by atoms with Gasteiger partial charge in [-0.2, -0.15) is 0 Å². The van der Waals surface area contributed by atoms with Gasteiger partial charge in [0.05, 0.1) is 5.69 Å². The number of likely N-dealkylation sites (N-methyl/N-ethyl adjacent to an activating group) is 1. The number of amides is 1. The van der Waals surface area contributed by atoms with Crippen molar-refractivity contribution < 1.29 is 13.2 Å². The van der Waals surface area contributed by atoms with Crippen molar-refractivity contribution in [3.63, 3.8) is 0 Å². The summed E-state index contributed by atoms with van der Waals surface area (Å²) in [6.07, 6.45) is 0. The van der Waals surface area contributed by atoms with Crippen LogP contribution in [0.5, 0.6) is 0 Å². The summed E-state index contributed by atoms with van der Waals surface area (Å²) in [7, 11) is -0.294. The zero-order valence-electron chi connectivity index (χ0n) is 17.3. The van der Waals surface area contributed by atoms with Crippen molar-refractivity contribution in [1.82, 2.24) is 9.62 Å². The Morgan fingerprint density at radius 3 is 2.17 bits per heavy atom. The molecule has 1 amide bonds. The normalized spacial score (nSPS) is 15.4. The summed E-state index contributed by atoms with van der Waals surface area (Å²) in [5, 5.41) is 2.87. The van der Waals surface area contributed by atoms with Crippen molar-refractivity contribution in [2.24, 2.45) is 0 Å². The second kappa shape index (κ2) is 8.52. The number of benzene rings is 2. The molecule has 29 heavy (non-hydrogen) atoms. The first-order chi connectivity index (χ1) is 13.7. The number of nitrogens with one attached hydrogen (secondary N) is 2. The molecule has 2 aromatic rings. The third-order valence-corrected chi connectivity index (χ3v) is 6.55. The quantitative estimate of drug-likeness (QED) is 0.781. The Morgan fingerprint density at radius 1 is 0.966 bits per heavy atom. The van der Waals surface area contributed by atoms with Gasteiger partial charge in [0.15, 0.2) is 0 Å². The van der Waals surface area contributed by atoms with Gasteiger partial charge in [0, 0.05) is 37.4 Å². The predicted molar refractivity (Wildman–Crippen MR) is 116 cm³/mol. The van der Waals surface area contributed by atoms with Gasteiger partial charge in [-0.25, -0.2) is 13.1 Å². The molecule has 0 bridgehead atoms. The van der Waals surface area contributed by atoms with Gasteiger partial charge in [-0.05, 0) is 69.4 Å². The second-order valence-electron chi connectivity index (χ2n) is 7.51. The Balaban J connectivity index is 1.94. The molecule has 2 N–H and O–H groups in total. The molecule has 1 heterocycles. The molecular weight excluding hydrogens is 388 g/mol. The van der Waals surface area contributed by atoms with Gasteiger partial charge in [0.2, 0.25) is 10.0 Å². The lowest BCUT2D eigenvalue weighted by Gasteiger charge is -2.35. The van der Waals surface area contributed by atoms with E-state index in [1.54, 1.807) is 12.1 Å². The van der Waals surface area contributed by atoms with Crippen LogP contribution < -0.4 is 14.9 Å². The molecule has 3 rings (SSSR count). The highest BCUT2D eigenvalue weighted by atomic mass is 32.2. The maximum Gasteiger partial charge on any atom is 0.255 e. The first-order valence-electron chi connectivity index (χ1n) is 9.60. The van der Waals surface area contributed by atoms with E-state index in [1.807, 2.05) is 39.1 Å². The number of hydrogen-bond acceptors (Lipinski definition) is 5. The number of carbonyl (C=O) groups is 1. The number of hydrogen-bond donors (Lipinski definition) is 2. The van der Waals surface area contributed by atoms with Crippen LogP contribution in [-0.2, 0) is 10.0 Å². The standard InChI is InChI=1S/C21H28N4O3S/c1-15-11-16(2)13-18(12-15)23-21(26)17-5-6-19(20(14-17)29(27,28)22-3)25-9-7-24(4)8-10-25/h5-6,11-14,22H,7-10H2,1-4H3,(H,23,26). The third kappa shape index (κ3) is 4.95. The number of nitrogens with zero attached hydrogens (tertiary/aromatic N) is 2. The molecule has 7 nitrogen and oxygen atoms in total. The van der Waals surface area contributed by atoms with Crippen LogP contribution in [0.3, 0.4) is 0 Å². The zero-order chi connectivity index (χ0) is 21.2. The molecule has 156 valence electrons. The van der Waals surface area contributed by atoms with Crippen molar-refractivity contribution >= 4 is 27.3 Å². The lowest BCUT2D eigenvalue weighted by Crippen LogP contribution is -2.45. The molecule has 0 saturated carbocycles. The average Bonchev–Trinajstić information content (AvgIpc) is 2.67. The highest BCUT2D eigenvalue weighted by molar-refractivity contribution is 7.89. The number of aryl methyl sites for hydroxylation is 2. The lowest BCUT2D eigenvalue weighted by molar-refractivity contribution is 0.102. The van der Waals surface area contributed by atoms with Gasteiger partial charge in [-0.1, -0.05) is 6.07 Å². The molecule has 0 aromatic heterocycles. The van der Waals surface area contributed by atoms with Gasteiger partial charge < -0.3 is 15.1 Å². The molecule has 1 aliphatic heterocycles. The molecular formula is C21H28N4O3S. The predicted octanol–water partition coefficient (Wildman–Crippen LogP) is 2.22. The van der Waals surface area contributed by atoms with Crippen molar-refractivity contribution in [2.75, 3.05) is 50.5 Å². The number of rotatable bonds is 5. The van der Waals surface area contributed by atoms with E-state index in [4.69, 9.17) is 0 Å². The summed E-state index contributed by atoms with van der Waals surface area (Å²) in [6, 6.07) is 10.7. The second-order valence-corrected chi connectivity index (χ2v) is 9.37. The zero-order valence-corrected chi connectivity index (χ0v) is 18.1. The monoisotopic (exact) mass is 416 g/mol. The first-order valence-corrected chi connectivity index (χ1v) is 11.1. The Bertz CT molecular complexity index is 992. The van der Waals surface area contributed by atoms with Crippen LogP contribution in [0.4, 0.5) is 11.4 Å².